The smallest absolute Gasteiger partial charge is 0.410 e. The zero-order chi connectivity index (χ0) is 23.9. The van der Waals surface area contributed by atoms with Crippen molar-refractivity contribution in [2.45, 2.75) is 38.6 Å². The summed E-state index contributed by atoms with van der Waals surface area (Å²) in [4.78, 5) is 30.3. The van der Waals surface area contributed by atoms with Gasteiger partial charge in [0.1, 0.15) is 29.1 Å². The second-order valence-corrected chi connectivity index (χ2v) is 9.29. The molecule has 5 heterocycles. The first kappa shape index (κ1) is 21.9. The first-order valence-corrected chi connectivity index (χ1v) is 11.1. The number of aromatic nitrogens is 5. The maximum Gasteiger partial charge on any atom is 0.410 e. The van der Waals surface area contributed by atoms with E-state index in [2.05, 4.69) is 25.3 Å². The van der Waals surface area contributed by atoms with Gasteiger partial charge in [0.05, 0.1) is 30.2 Å². The van der Waals surface area contributed by atoms with Crippen LogP contribution in [-0.2, 0) is 4.74 Å². The Kier molecular flexibility index (Phi) is 5.43. The molecule has 1 aliphatic rings. The van der Waals surface area contributed by atoms with Crippen LogP contribution in [0, 0.1) is 0 Å². The molecule has 0 aromatic carbocycles. The Morgan fingerprint density at radius 3 is 2.85 bits per heavy atom. The Bertz CT molecular complexity index is 1310. The number of ether oxygens (including phenoxy) is 1. The Hall–Kier alpha value is -3.95. The van der Waals surface area contributed by atoms with E-state index in [-0.39, 0.29) is 13.1 Å². The van der Waals surface area contributed by atoms with Gasteiger partial charge in [0, 0.05) is 30.7 Å². The quantitative estimate of drug-likeness (QED) is 0.472. The Morgan fingerprint density at radius 1 is 1.24 bits per heavy atom. The van der Waals surface area contributed by atoms with Gasteiger partial charge in [-0.05, 0) is 45.0 Å². The third kappa shape index (κ3) is 4.43. The molecule has 0 bridgehead atoms. The summed E-state index contributed by atoms with van der Waals surface area (Å²) >= 11 is 0. The summed E-state index contributed by atoms with van der Waals surface area (Å²) in [6.07, 6.45) is 5.42. The van der Waals surface area contributed by atoms with Gasteiger partial charge in [-0.25, -0.2) is 24.1 Å². The van der Waals surface area contributed by atoms with Crippen molar-refractivity contribution >= 4 is 17.6 Å². The van der Waals surface area contributed by atoms with E-state index in [4.69, 9.17) is 4.74 Å². The van der Waals surface area contributed by atoms with Gasteiger partial charge in [-0.15, -0.1) is 0 Å². The summed E-state index contributed by atoms with van der Waals surface area (Å²) < 4.78 is 22.0. The van der Waals surface area contributed by atoms with Crippen LogP contribution in [0.5, 0.6) is 0 Å². The molecule has 4 aromatic rings. The van der Waals surface area contributed by atoms with Crippen molar-refractivity contribution in [2.24, 2.45) is 0 Å². The van der Waals surface area contributed by atoms with Crippen LogP contribution < -0.4 is 5.32 Å². The number of hydrogen-bond donors (Lipinski definition) is 2. The monoisotopic (exact) mass is 463 g/mol. The minimum atomic E-state index is -1.23. The fourth-order valence-electron chi connectivity index (χ4n) is 3.96. The van der Waals surface area contributed by atoms with Gasteiger partial charge < -0.3 is 19.9 Å². The van der Waals surface area contributed by atoms with Gasteiger partial charge in [0.15, 0.2) is 0 Å². The fraction of sp³-hybridized carbons (Fsp3) is 0.333. The summed E-state index contributed by atoms with van der Waals surface area (Å²) in [7, 11) is 0. The van der Waals surface area contributed by atoms with E-state index in [0.29, 0.717) is 11.5 Å². The van der Waals surface area contributed by atoms with Crippen molar-refractivity contribution < 1.29 is 13.9 Å². The normalized spacial score (nSPS) is 18.4. The number of H-pyrrole nitrogens is 1. The third-order valence-corrected chi connectivity index (χ3v) is 5.53. The number of rotatable bonds is 4. The average Bonchev–Trinajstić information content (AvgIpc) is 3.53. The van der Waals surface area contributed by atoms with Crippen LogP contribution >= 0.6 is 0 Å². The molecule has 34 heavy (non-hydrogen) atoms. The Balaban J connectivity index is 1.33. The largest absolute Gasteiger partial charge is 0.444 e. The van der Waals surface area contributed by atoms with Crippen LogP contribution in [0.2, 0.25) is 0 Å². The van der Waals surface area contributed by atoms with Crippen molar-refractivity contribution in [3.63, 3.8) is 0 Å². The molecular formula is C24H26FN7O2. The molecule has 5 rings (SSSR count). The summed E-state index contributed by atoms with van der Waals surface area (Å²) in [5.74, 6) is 1.30. The molecule has 1 saturated heterocycles. The molecule has 10 heteroatoms. The van der Waals surface area contributed by atoms with Crippen LogP contribution in [0.3, 0.4) is 0 Å². The number of anilines is 1. The van der Waals surface area contributed by atoms with E-state index in [9.17, 15) is 9.18 Å². The molecule has 0 aliphatic carbocycles. The number of carbonyl (C=O) groups is 1. The molecule has 9 nitrogen and oxygen atoms in total. The number of nitrogens with zero attached hydrogens (tertiary/aromatic N) is 5. The number of aromatic amines is 1. The van der Waals surface area contributed by atoms with Crippen LogP contribution in [0.4, 0.5) is 15.0 Å². The standard InChI is InChI=1S/C24H26FN7O2/c1-24(2,3)34-23(33)31-13-16(25)18(14-31)30-20-6-4-5-17(29-20)19-12-28-21-11-15(7-10-32(19)21)22-26-8-9-27-22/h4-12,16,18H,13-14H2,1-3H3,(H,26,27)(H,29,30)/t16-,18-/m0/s1. The van der Waals surface area contributed by atoms with E-state index in [1.165, 1.54) is 4.90 Å². The first-order valence-electron chi connectivity index (χ1n) is 11.1. The number of hydrogen-bond acceptors (Lipinski definition) is 6. The third-order valence-electron chi connectivity index (χ3n) is 5.53. The number of amides is 1. The Labute approximate surface area is 196 Å². The van der Waals surface area contributed by atoms with Gasteiger partial charge in [-0.1, -0.05) is 6.07 Å². The second-order valence-electron chi connectivity index (χ2n) is 9.29. The molecule has 4 aromatic heterocycles. The van der Waals surface area contributed by atoms with Crippen LogP contribution in [0.15, 0.2) is 55.1 Å². The minimum Gasteiger partial charge on any atom is -0.444 e. The lowest BCUT2D eigenvalue weighted by molar-refractivity contribution is 0.0283. The number of pyridine rings is 2. The number of halogens is 1. The topological polar surface area (TPSA) is 100 Å². The highest BCUT2D eigenvalue weighted by Crippen LogP contribution is 2.25. The van der Waals surface area contributed by atoms with Crippen LogP contribution in [0.1, 0.15) is 20.8 Å². The number of fused-ring (bicyclic) bond motifs is 1. The van der Waals surface area contributed by atoms with E-state index >= 15 is 0 Å². The molecule has 176 valence electrons. The molecule has 0 unspecified atom stereocenters. The van der Waals surface area contributed by atoms with E-state index in [1.54, 1.807) is 45.4 Å². The predicted octanol–water partition coefficient (Wildman–Crippen LogP) is 4.16. The lowest BCUT2D eigenvalue weighted by Gasteiger charge is -2.24. The van der Waals surface area contributed by atoms with Crippen molar-refractivity contribution in [2.75, 3.05) is 18.4 Å². The number of likely N-dealkylation sites (tertiary alicyclic amines) is 1. The van der Waals surface area contributed by atoms with E-state index < -0.39 is 23.9 Å². The first-order chi connectivity index (χ1) is 16.3. The minimum absolute atomic E-state index is 0.0163. The average molecular weight is 464 g/mol. The summed E-state index contributed by atoms with van der Waals surface area (Å²) in [6, 6.07) is 8.84. The molecule has 1 aliphatic heterocycles. The number of carbonyl (C=O) groups excluding carboxylic acids is 1. The van der Waals surface area contributed by atoms with Crippen LogP contribution in [-0.4, -0.2) is 66.2 Å². The molecule has 1 amide bonds. The fourth-order valence-corrected chi connectivity index (χ4v) is 3.96. The lowest BCUT2D eigenvalue weighted by atomic mass is 10.2. The summed E-state index contributed by atoms with van der Waals surface area (Å²) in [5, 5.41) is 3.14. The van der Waals surface area contributed by atoms with E-state index in [1.807, 2.05) is 34.9 Å². The summed E-state index contributed by atoms with van der Waals surface area (Å²) in [6.45, 7) is 5.55. The zero-order valence-corrected chi connectivity index (χ0v) is 19.2. The van der Waals surface area contributed by atoms with Gasteiger partial charge in [-0.3, -0.25) is 4.40 Å². The maximum atomic E-state index is 14.7. The van der Waals surface area contributed by atoms with Crippen molar-refractivity contribution in [1.82, 2.24) is 29.2 Å². The maximum absolute atomic E-state index is 14.7. The lowest BCUT2D eigenvalue weighted by Crippen LogP contribution is -2.36. The number of imidazole rings is 2. The molecule has 2 N–H and O–H groups in total. The molecule has 0 radical (unpaired) electrons. The highest BCUT2D eigenvalue weighted by molar-refractivity contribution is 5.69. The zero-order valence-electron chi connectivity index (χ0n) is 19.2. The molecular weight excluding hydrogens is 437 g/mol. The Morgan fingerprint density at radius 2 is 2.09 bits per heavy atom. The number of nitrogens with one attached hydrogen (secondary N) is 2. The molecule has 1 fully saturated rings. The second kappa shape index (κ2) is 8.44. The van der Waals surface area contributed by atoms with Crippen molar-refractivity contribution in [1.29, 1.82) is 0 Å². The SMILES string of the molecule is CC(C)(C)OC(=O)N1C[C@H](Nc2cccc(-c3cnc4cc(-c5ncc[nH]5)ccn34)n2)[C@@H](F)C1. The van der Waals surface area contributed by atoms with Gasteiger partial charge in [0.2, 0.25) is 0 Å². The highest BCUT2D eigenvalue weighted by atomic mass is 19.1. The summed E-state index contributed by atoms with van der Waals surface area (Å²) in [5.41, 5.74) is 2.57. The van der Waals surface area contributed by atoms with Crippen LogP contribution in [0.25, 0.3) is 28.4 Å². The number of alkyl halides is 1. The van der Waals surface area contributed by atoms with Gasteiger partial charge in [0.25, 0.3) is 0 Å². The van der Waals surface area contributed by atoms with E-state index in [0.717, 1.165) is 22.7 Å². The van der Waals surface area contributed by atoms with Gasteiger partial charge >= 0.3 is 6.09 Å². The molecule has 2 atom stereocenters. The molecule has 0 spiro atoms. The van der Waals surface area contributed by atoms with Gasteiger partial charge in [-0.2, -0.15) is 0 Å². The molecule has 0 saturated carbocycles. The highest BCUT2D eigenvalue weighted by Gasteiger charge is 2.37. The predicted molar refractivity (Wildman–Crippen MR) is 126 cm³/mol. The van der Waals surface area contributed by atoms with Crippen molar-refractivity contribution in [3.8, 4) is 22.8 Å². The van der Waals surface area contributed by atoms with Crippen molar-refractivity contribution in [3.05, 3.63) is 55.1 Å².